The van der Waals surface area contributed by atoms with Crippen LogP contribution in [0.1, 0.15) is 13.3 Å². The molecule has 1 aliphatic heterocycles. The van der Waals surface area contributed by atoms with Crippen molar-refractivity contribution in [3.05, 3.63) is 10.7 Å². The van der Waals surface area contributed by atoms with Gasteiger partial charge in [-0.15, -0.1) is 0 Å². The number of anilines is 2. The van der Waals surface area contributed by atoms with Crippen LogP contribution in [0.4, 0.5) is 11.8 Å². The highest BCUT2D eigenvalue weighted by atomic mass is 79.9. The Morgan fingerprint density at radius 1 is 1.56 bits per heavy atom. The Hall–Kier alpha value is -0.920. The molecule has 0 aliphatic carbocycles. The fraction of sp³-hybridized carbons (Fsp3) is 0.636. The van der Waals surface area contributed by atoms with Crippen molar-refractivity contribution >= 4 is 27.7 Å². The molecule has 0 amide bonds. The van der Waals surface area contributed by atoms with E-state index in [4.69, 9.17) is 5.84 Å². The number of nitrogens with two attached hydrogens (primary N) is 1. The van der Waals surface area contributed by atoms with Crippen LogP contribution in [0.25, 0.3) is 0 Å². The van der Waals surface area contributed by atoms with E-state index < -0.39 is 0 Å². The summed E-state index contributed by atoms with van der Waals surface area (Å²) in [4.78, 5) is 10.7. The number of hydrazine groups is 1. The normalized spacial score (nSPS) is 24.9. The number of hydrogen-bond acceptors (Lipinski definition) is 6. The first-order valence-corrected chi connectivity index (χ1v) is 6.83. The Morgan fingerprint density at radius 3 is 3.00 bits per heavy atom. The van der Waals surface area contributed by atoms with Crippen LogP contribution in [0.15, 0.2) is 10.7 Å². The molecule has 6 nitrogen and oxygen atoms in total. The molecule has 7 heteroatoms. The van der Waals surface area contributed by atoms with Gasteiger partial charge in [-0.1, -0.05) is 6.92 Å². The fourth-order valence-electron chi connectivity index (χ4n) is 2.28. The number of hydrogen-bond donors (Lipinski definition) is 3. The number of nitrogens with one attached hydrogen (secondary N) is 2. The number of nitrogens with zero attached hydrogens (tertiary/aromatic N) is 3. The van der Waals surface area contributed by atoms with E-state index in [1.54, 1.807) is 6.20 Å². The van der Waals surface area contributed by atoms with Crippen LogP contribution in [0.3, 0.4) is 0 Å². The third-order valence-electron chi connectivity index (χ3n) is 3.30. The Morgan fingerprint density at radius 2 is 2.33 bits per heavy atom. The third-order valence-corrected chi connectivity index (χ3v) is 3.88. The summed E-state index contributed by atoms with van der Waals surface area (Å²) in [5.41, 5.74) is 2.46. The van der Waals surface area contributed by atoms with E-state index in [1.165, 1.54) is 0 Å². The maximum Gasteiger partial charge on any atom is 0.239 e. The minimum Gasteiger partial charge on any atom is -0.366 e. The fourth-order valence-corrected chi connectivity index (χ4v) is 2.59. The molecule has 0 bridgehead atoms. The van der Waals surface area contributed by atoms with Gasteiger partial charge in [0.2, 0.25) is 5.95 Å². The second kappa shape index (κ2) is 5.81. The van der Waals surface area contributed by atoms with E-state index in [-0.39, 0.29) is 0 Å². The molecule has 18 heavy (non-hydrogen) atoms. The minimum atomic E-state index is 0.418. The van der Waals surface area contributed by atoms with Gasteiger partial charge in [0, 0.05) is 18.8 Å². The standard InChI is InChI=1S/C11H19BrN6/c1-7-6-18(2)4-3-9(7)15-10-8(12)5-14-11(16-10)17-13/h5,7,9H,3-4,6,13H2,1-2H3,(H2,14,15,16,17). The summed E-state index contributed by atoms with van der Waals surface area (Å²) in [5, 5.41) is 3.47. The second-order valence-corrected chi connectivity index (χ2v) is 5.67. The van der Waals surface area contributed by atoms with Gasteiger partial charge in [0.25, 0.3) is 0 Å². The van der Waals surface area contributed by atoms with Crippen molar-refractivity contribution < 1.29 is 0 Å². The Labute approximate surface area is 115 Å². The van der Waals surface area contributed by atoms with E-state index in [9.17, 15) is 0 Å². The quantitative estimate of drug-likeness (QED) is 0.576. The lowest BCUT2D eigenvalue weighted by Crippen LogP contribution is -2.43. The second-order valence-electron chi connectivity index (χ2n) is 4.81. The van der Waals surface area contributed by atoms with E-state index in [0.29, 0.717) is 17.9 Å². The maximum absolute atomic E-state index is 5.32. The summed E-state index contributed by atoms with van der Waals surface area (Å²) in [6.45, 7) is 4.46. The molecule has 1 aromatic heterocycles. The molecule has 100 valence electrons. The highest BCUT2D eigenvalue weighted by Crippen LogP contribution is 2.25. The number of nitrogen functional groups attached to an aromatic ring is 1. The zero-order chi connectivity index (χ0) is 13.1. The van der Waals surface area contributed by atoms with Crippen LogP contribution in [-0.4, -0.2) is 41.0 Å². The number of halogens is 1. The van der Waals surface area contributed by atoms with Gasteiger partial charge in [-0.3, -0.25) is 5.43 Å². The SMILES string of the molecule is CC1CN(C)CCC1Nc1nc(NN)ncc1Br. The average Bonchev–Trinajstić information content (AvgIpc) is 2.35. The van der Waals surface area contributed by atoms with Gasteiger partial charge in [0.05, 0.1) is 4.47 Å². The van der Waals surface area contributed by atoms with E-state index in [1.807, 2.05) is 0 Å². The molecule has 1 aliphatic rings. The first kappa shape index (κ1) is 13.5. The Balaban J connectivity index is 2.08. The first-order valence-electron chi connectivity index (χ1n) is 6.04. The molecule has 0 aromatic carbocycles. The number of piperidine rings is 1. The summed E-state index contributed by atoms with van der Waals surface area (Å²) in [5.74, 6) is 7.11. The molecule has 0 saturated carbocycles. The van der Waals surface area contributed by atoms with Gasteiger partial charge in [0.1, 0.15) is 5.82 Å². The van der Waals surface area contributed by atoms with Gasteiger partial charge in [-0.25, -0.2) is 10.8 Å². The molecule has 1 fully saturated rings. The average molecular weight is 315 g/mol. The van der Waals surface area contributed by atoms with E-state index in [2.05, 4.69) is 55.5 Å². The molecule has 2 atom stereocenters. The molecule has 4 N–H and O–H groups in total. The molecule has 0 spiro atoms. The number of likely N-dealkylation sites (tertiary alicyclic amines) is 1. The monoisotopic (exact) mass is 314 g/mol. The minimum absolute atomic E-state index is 0.418. The van der Waals surface area contributed by atoms with Crippen molar-refractivity contribution in [3.8, 4) is 0 Å². The third kappa shape index (κ3) is 3.09. The van der Waals surface area contributed by atoms with Crippen molar-refractivity contribution in [1.82, 2.24) is 14.9 Å². The predicted octanol–water partition coefficient (Wildman–Crippen LogP) is 1.28. The van der Waals surface area contributed by atoms with Crippen molar-refractivity contribution in [2.75, 3.05) is 30.9 Å². The first-order chi connectivity index (χ1) is 8.60. The largest absolute Gasteiger partial charge is 0.366 e. The van der Waals surface area contributed by atoms with Crippen molar-refractivity contribution in [3.63, 3.8) is 0 Å². The van der Waals surface area contributed by atoms with E-state index >= 15 is 0 Å². The maximum atomic E-state index is 5.32. The smallest absolute Gasteiger partial charge is 0.239 e. The van der Waals surface area contributed by atoms with Crippen LogP contribution in [0, 0.1) is 5.92 Å². The Kier molecular flexibility index (Phi) is 4.36. The van der Waals surface area contributed by atoms with Crippen molar-refractivity contribution in [2.24, 2.45) is 11.8 Å². The van der Waals surface area contributed by atoms with E-state index in [0.717, 1.165) is 29.8 Å². The molecular formula is C11H19BrN6. The highest BCUT2D eigenvalue weighted by molar-refractivity contribution is 9.10. The zero-order valence-electron chi connectivity index (χ0n) is 10.7. The summed E-state index contributed by atoms with van der Waals surface area (Å²) >= 11 is 3.45. The van der Waals surface area contributed by atoms with Crippen LogP contribution < -0.4 is 16.6 Å². The number of aromatic nitrogens is 2. The summed E-state index contributed by atoms with van der Waals surface area (Å²) < 4.78 is 0.854. The Bertz CT molecular complexity index is 413. The molecule has 2 rings (SSSR count). The lowest BCUT2D eigenvalue weighted by atomic mass is 9.94. The highest BCUT2D eigenvalue weighted by Gasteiger charge is 2.24. The number of rotatable bonds is 3. The van der Waals surface area contributed by atoms with Gasteiger partial charge in [0.15, 0.2) is 0 Å². The molecule has 2 heterocycles. The summed E-state index contributed by atoms with van der Waals surface area (Å²) in [7, 11) is 2.16. The van der Waals surface area contributed by atoms with Crippen molar-refractivity contribution in [1.29, 1.82) is 0 Å². The zero-order valence-corrected chi connectivity index (χ0v) is 12.2. The topological polar surface area (TPSA) is 79.1 Å². The van der Waals surface area contributed by atoms with Crippen LogP contribution in [-0.2, 0) is 0 Å². The summed E-state index contributed by atoms with van der Waals surface area (Å²) in [6, 6.07) is 0.429. The van der Waals surface area contributed by atoms with Gasteiger partial charge >= 0.3 is 0 Å². The van der Waals surface area contributed by atoms with Crippen molar-refractivity contribution in [2.45, 2.75) is 19.4 Å². The predicted molar refractivity (Wildman–Crippen MR) is 76.2 cm³/mol. The molecule has 0 radical (unpaired) electrons. The van der Waals surface area contributed by atoms with Gasteiger partial charge in [-0.05, 0) is 41.9 Å². The lowest BCUT2D eigenvalue weighted by Gasteiger charge is -2.35. The molecular weight excluding hydrogens is 296 g/mol. The summed E-state index contributed by atoms with van der Waals surface area (Å²) in [6.07, 6.45) is 2.81. The molecule has 1 saturated heterocycles. The molecule has 2 unspecified atom stereocenters. The van der Waals surface area contributed by atoms with Crippen LogP contribution in [0.5, 0.6) is 0 Å². The van der Waals surface area contributed by atoms with Crippen LogP contribution >= 0.6 is 15.9 Å². The lowest BCUT2D eigenvalue weighted by molar-refractivity contribution is 0.206. The van der Waals surface area contributed by atoms with Crippen LogP contribution in [0.2, 0.25) is 0 Å². The molecule has 1 aromatic rings. The van der Waals surface area contributed by atoms with Gasteiger partial charge in [-0.2, -0.15) is 4.98 Å². The van der Waals surface area contributed by atoms with Gasteiger partial charge < -0.3 is 10.2 Å².